The van der Waals surface area contributed by atoms with Gasteiger partial charge in [0, 0.05) is 16.9 Å². The number of halogens is 1. The first-order valence-corrected chi connectivity index (χ1v) is 11.3. The standard InChI is InChI=1S/C22H19ClN6O3S/c1-2-32-21(31)19-9-10-29(27-19)18-8-4-6-16(12-18)25-20(30)13-33-22-26-24-14-28(22)17-7-3-5-15(23)11-17/h3-12,14H,2,13H2,1H3,(H,25,30). The van der Waals surface area contributed by atoms with Crippen molar-refractivity contribution >= 4 is 40.9 Å². The van der Waals surface area contributed by atoms with Crippen LogP contribution >= 0.6 is 23.4 Å². The van der Waals surface area contributed by atoms with Crippen LogP contribution in [0.1, 0.15) is 17.4 Å². The van der Waals surface area contributed by atoms with Crippen LogP contribution in [0.25, 0.3) is 11.4 Å². The monoisotopic (exact) mass is 482 g/mol. The summed E-state index contributed by atoms with van der Waals surface area (Å²) in [7, 11) is 0. The van der Waals surface area contributed by atoms with Gasteiger partial charge in [0.1, 0.15) is 6.33 Å². The zero-order valence-corrected chi connectivity index (χ0v) is 19.1. The van der Waals surface area contributed by atoms with E-state index in [1.54, 1.807) is 65.1 Å². The predicted molar refractivity (Wildman–Crippen MR) is 125 cm³/mol. The highest BCUT2D eigenvalue weighted by Crippen LogP contribution is 2.22. The summed E-state index contributed by atoms with van der Waals surface area (Å²) < 4.78 is 8.27. The summed E-state index contributed by atoms with van der Waals surface area (Å²) in [5, 5.41) is 16.3. The van der Waals surface area contributed by atoms with Crippen LogP contribution in [-0.2, 0) is 9.53 Å². The fourth-order valence-corrected chi connectivity index (χ4v) is 3.87. The van der Waals surface area contributed by atoms with Crippen LogP contribution in [0.3, 0.4) is 0 Å². The van der Waals surface area contributed by atoms with Crippen LogP contribution in [0.15, 0.2) is 72.3 Å². The van der Waals surface area contributed by atoms with Crippen molar-refractivity contribution in [3.05, 3.63) is 77.8 Å². The first-order chi connectivity index (χ1) is 16.0. The average Bonchev–Trinajstić information content (AvgIpc) is 3.48. The number of rotatable bonds is 8. The van der Waals surface area contributed by atoms with E-state index in [0.717, 1.165) is 5.69 Å². The van der Waals surface area contributed by atoms with Gasteiger partial charge in [-0.3, -0.25) is 9.36 Å². The second-order valence-electron chi connectivity index (χ2n) is 6.72. The molecule has 4 rings (SSSR count). The summed E-state index contributed by atoms with van der Waals surface area (Å²) in [6.07, 6.45) is 3.23. The minimum absolute atomic E-state index is 0.137. The molecule has 168 valence electrons. The molecule has 2 aromatic carbocycles. The van der Waals surface area contributed by atoms with Gasteiger partial charge in [0.25, 0.3) is 0 Å². The molecule has 1 amide bonds. The van der Waals surface area contributed by atoms with Gasteiger partial charge < -0.3 is 10.1 Å². The fourth-order valence-electron chi connectivity index (χ4n) is 2.96. The highest BCUT2D eigenvalue weighted by molar-refractivity contribution is 7.99. The Labute approximate surface area is 198 Å². The molecule has 33 heavy (non-hydrogen) atoms. The molecule has 0 saturated heterocycles. The van der Waals surface area contributed by atoms with Gasteiger partial charge in [0.15, 0.2) is 10.9 Å². The molecular weight excluding hydrogens is 464 g/mol. The Balaban J connectivity index is 1.39. The highest BCUT2D eigenvalue weighted by Gasteiger charge is 2.13. The van der Waals surface area contributed by atoms with Crippen molar-refractivity contribution < 1.29 is 14.3 Å². The minimum Gasteiger partial charge on any atom is -0.461 e. The molecule has 0 radical (unpaired) electrons. The lowest BCUT2D eigenvalue weighted by Crippen LogP contribution is -2.14. The molecule has 9 nitrogen and oxygen atoms in total. The Hall–Kier alpha value is -3.63. The molecule has 0 atom stereocenters. The summed E-state index contributed by atoms with van der Waals surface area (Å²) in [6.45, 7) is 2.01. The minimum atomic E-state index is -0.483. The van der Waals surface area contributed by atoms with Crippen LogP contribution in [-0.4, -0.2) is 48.8 Å². The van der Waals surface area contributed by atoms with E-state index in [2.05, 4.69) is 20.6 Å². The van der Waals surface area contributed by atoms with Crippen molar-refractivity contribution in [2.24, 2.45) is 0 Å². The molecular formula is C22H19ClN6O3S. The smallest absolute Gasteiger partial charge is 0.358 e. The molecule has 11 heteroatoms. The number of hydrogen-bond acceptors (Lipinski definition) is 7. The van der Waals surface area contributed by atoms with Crippen LogP contribution in [0.4, 0.5) is 5.69 Å². The van der Waals surface area contributed by atoms with Crippen molar-refractivity contribution in [3.8, 4) is 11.4 Å². The van der Waals surface area contributed by atoms with Crippen LogP contribution in [0.5, 0.6) is 0 Å². The van der Waals surface area contributed by atoms with Crippen molar-refractivity contribution in [3.63, 3.8) is 0 Å². The maximum absolute atomic E-state index is 12.5. The Morgan fingerprint density at radius 1 is 1.12 bits per heavy atom. The summed E-state index contributed by atoms with van der Waals surface area (Å²) in [4.78, 5) is 24.4. The molecule has 4 aromatic rings. The number of amides is 1. The van der Waals surface area contributed by atoms with Crippen LogP contribution in [0, 0.1) is 0 Å². The summed E-state index contributed by atoms with van der Waals surface area (Å²) in [5.74, 6) is -0.549. The number of carbonyl (C=O) groups is 2. The molecule has 0 aliphatic rings. The van der Waals surface area contributed by atoms with Gasteiger partial charge in [0.05, 0.1) is 23.7 Å². The maximum Gasteiger partial charge on any atom is 0.358 e. The molecule has 0 bridgehead atoms. The van der Waals surface area contributed by atoms with E-state index in [9.17, 15) is 9.59 Å². The molecule has 0 spiro atoms. The predicted octanol–water partition coefficient (Wildman–Crippen LogP) is 4.01. The largest absolute Gasteiger partial charge is 0.461 e. The fraction of sp³-hybridized carbons (Fsp3) is 0.136. The van der Waals surface area contributed by atoms with Crippen LogP contribution in [0.2, 0.25) is 5.02 Å². The van der Waals surface area contributed by atoms with E-state index in [0.29, 0.717) is 21.6 Å². The highest BCUT2D eigenvalue weighted by atomic mass is 35.5. The van der Waals surface area contributed by atoms with Crippen molar-refractivity contribution in [2.75, 3.05) is 17.7 Å². The van der Waals surface area contributed by atoms with E-state index in [-0.39, 0.29) is 24.0 Å². The van der Waals surface area contributed by atoms with Gasteiger partial charge >= 0.3 is 5.97 Å². The van der Waals surface area contributed by atoms with Gasteiger partial charge in [-0.05, 0) is 49.4 Å². The Kier molecular flexibility index (Phi) is 7.06. The number of nitrogens with zero attached hydrogens (tertiary/aromatic N) is 5. The quantitative estimate of drug-likeness (QED) is 0.299. The summed E-state index contributed by atoms with van der Waals surface area (Å²) in [6, 6.07) is 16.0. The third-order valence-electron chi connectivity index (χ3n) is 4.40. The van der Waals surface area contributed by atoms with Crippen molar-refractivity contribution in [1.29, 1.82) is 0 Å². The van der Waals surface area contributed by atoms with Gasteiger partial charge in [-0.15, -0.1) is 10.2 Å². The lowest BCUT2D eigenvalue weighted by molar-refractivity contribution is -0.113. The van der Waals surface area contributed by atoms with Gasteiger partial charge in [-0.2, -0.15) is 5.10 Å². The van der Waals surface area contributed by atoms with Crippen LogP contribution < -0.4 is 5.32 Å². The first kappa shape index (κ1) is 22.6. The van der Waals surface area contributed by atoms with E-state index >= 15 is 0 Å². The van der Waals surface area contributed by atoms with Crippen molar-refractivity contribution in [2.45, 2.75) is 12.1 Å². The Morgan fingerprint density at radius 3 is 2.76 bits per heavy atom. The van der Waals surface area contributed by atoms with Gasteiger partial charge in [-0.25, -0.2) is 9.48 Å². The lowest BCUT2D eigenvalue weighted by Gasteiger charge is -2.09. The third-order valence-corrected chi connectivity index (χ3v) is 5.58. The average molecular weight is 483 g/mol. The van der Waals surface area contributed by atoms with E-state index < -0.39 is 5.97 Å². The number of thioether (sulfide) groups is 1. The maximum atomic E-state index is 12.5. The number of anilines is 1. The first-order valence-electron chi connectivity index (χ1n) is 9.95. The molecule has 0 unspecified atom stereocenters. The number of aromatic nitrogens is 5. The van der Waals surface area contributed by atoms with Gasteiger partial charge in [-0.1, -0.05) is 35.5 Å². The number of esters is 1. The third kappa shape index (κ3) is 5.60. The summed E-state index contributed by atoms with van der Waals surface area (Å²) in [5.41, 5.74) is 2.32. The number of carbonyl (C=O) groups excluding carboxylic acids is 2. The van der Waals surface area contributed by atoms with E-state index in [1.807, 2.05) is 18.2 Å². The number of benzene rings is 2. The molecule has 1 N–H and O–H groups in total. The second-order valence-corrected chi connectivity index (χ2v) is 8.10. The Bertz CT molecular complexity index is 1290. The van der Waals surface area contributed by atoms with Gasteiger partial charge in [0.2, 0.25) is 5.91 Å². The van der Waals surface area contributed by atoms with E-state index in [1.165, 1.54) is 11.8 Å². The molecule has 0 fully saturated rings. The molecule has 0 aliphatic carbocycles. The SMILES string of the molecule is CCOC(=O)c1ccn(-c2cccc(NC(=O)CSc3nncn3-c3cccc(Cl)c3)c2)n1. The lowest BCUT2D eigenvalue weighted by atomic mass is 10.3. The number of nitrogens with one attached hydrogen (secondary N) is 1. The normalized spacial score (nSPS) is 10.7. The number of ether oxygens (including phenoxy) is 1. The summed E-state index contributed by atoms with van der Waals surface area (Å²) >= 11 is 7.32. The zero-order chi connectivity index (χ0) is 23.2. The van der Waals surface area contributed by atoms with Crippen molar-refractivity contribution in [1.82, 2.24) is 24.5 Å². The molecule has 2 aromatic heterocycles. The number of hydrogen-bond donors (Lipinski definition) is 1. The Morgan fingerprint density at radius 2 is 1.94 bits per heavy atom. The zero-order valence-electron chi connectivity index (χ0n) is 17.5. The molecule has 0 aliphatic heterocycles. The topological polar surface area (TPSA) is 104 Å². The molecule has 0 saturated carbocycles. The molecule has 2 heterocycles. The van der Waals surface area contributed by atoms with E-state index in [4.69, 9.17) is 16.3 Å². The second kappa shape index (κ2) is 10.3.